The monoisotopic (exact) mass is 256 g/mol. The standard InChI is InChI=1S/C14H28N2O2/c1-16(11-8-12-18-2)14(17)15-13-9-6-4-3-5-7-10-13/h13H,3-12H2,1-2H3,(H,15,17). The molecule has 0 heterocycles. The third-order valence-electron chi connectivity index (χ3n) is 3.62. The summed E-state index contributed by atoms with van der Waals surface area (Å²) in [5.74, 6) is 0. The van der Waals surface area contributed by atoms with Crippen LogP contribution in [0.5, 0.6) is 0 Å². The molecule has 0 saturated heterocycles. The summed E-state index contributed by atoms with van der Waals surface area (Å²) in [6.07, 6.45) is 9.65. The fourth-order valence-corrected chi connectivity index (χ4v) is 2.43. The van der Waals surface area contributed by atoms with E-state index < -0.39 is 0 Å². The molecule has 4 heteroatoms. The Bertz CT molecular complexity index is 226. The second-order valence-electron chi connectivity index (χ2n) is 5.26. The van der Waals surface area contributed by atoms with Crippen molar-refractivity contribution in [1.29, 1.82) is 0 Å². The van der Waals surface area contributed by atoms with Gasteiger partial charge in [-0.15, -0.1) is 0 Å². The average molecular weight is 256 g/mol. The van der Waals surface area contributed by atoms with Gasteiger partial charge in [-0.1, -0.05) is 32.1 Å². The molecular formula is C14H28N2O2. The van der Waals surface area contributed by atoms with Gasteiger partial charge in [-0.3, -0.25) is 0 Å². The van der Waals surface area contributed by atoms with Crippen molar-refractivity contribution in [2.45, 2.75) is 57.4 Å². The van der Waals surface area contributed by atoms with Crippen LogP contribution < -0.4 is 5.32 Å². The number of ether oxygens (including phenoxy) is 1. The van der Waals surface area contributed by atoms with Crippen LogP contribution in [0, 0.1) is 0 Å². The fraction of sp³-hybridized carbons (Fsp3) is 0.929. The second kappa shape index (κ2) is 9.20. The molecule has 0 atom stereocenters. The lowest BCUT2D eigenvalue weighted by atomic mass is 9.97. The van der Waals surface area contributed by atoms with Crippen LogP contribution >= 0.6 is 0 Å². The Labute approximate surface area is 111 Å². The summed E-state index contributed by atoms with van der Waals surface area (Å²) in [4.78, 5) is 13.7. The number of nitrogens with one attached hydrogen (secondary N) is 1. The van der Waals surface area contributed by atoms with Gasteiger partial charge in [0.2, 0.25) is 0 Å². The van der Waals surface area contributed by atoms with Crippen LogP contribution in [0.15, 0.2) is 0 Å². The lowest BCUT2D eigenvalue weighted by molar-refractivity contribution is 0.173. The number of nitrogens with zero attached hydrogens (tertiary/aromatic N) is 1. The number of rotatable bonds is 5. The molecule has 1 aliphatic rings. The van der Waals surface area contributed by atoms with Gasteiger partial charge >= 0.3 is 6.03 Å². The first kappa shape index (κ1) is 15.3. The van der Waals surface area contributed by atoms with Gasteiger partial charge in [0.1, 0.15) is 0 Å². The molecule has 0 spiro atoms. The van der Waals surface area contributed by atoms with E-state index in [1.807, 2.05) is 7.05 Å². The van der Waals surface area contributed by atoms with Crippen LogP contribution in [-0.2, 0) is 4.74 Å². The van der Waals surface area contributed by atoms with Crippen LogP contribution in [0.4, 0.5) is 4.79 Å². The molecule has 0 bridgehead atoms. The molecular weight excluding hydrogens is 228 g/mol. The van der Waals surface area contributed by atoms with E-state index in [0.717, 1.165) is 25.8 Å². The van der Waals surface area contributed by atoms with E-state index in [1.165, 1.54) is 32.1 Å². The maximum absolute atomic E-state index is 12.0. The summed E-state index contributed by atoms with van der Waals surface area (Å²) in [7, 11) is 3.54. The minimum Gasteiger partial charge on any atom is -0.385 e. The van der Waals surface area contributed by atoms with Crippen molar-refractivity contribution < 1.29 is 9.53 Å². The average Bonchev–Trinajstić information content (AvgIpc) is 2.32. The zero-order valence-corrected chi connectivity index (χ0v) is 11.9. The molecule has 0 aromatic heterocycles. The highest BCUT2D eigenvalue weighted by molar-refractivity contribution is 5.74. The van der Waals surface area contributed by atoms with Gasteiger partial charge in [0.25, 0.3) is 0 Å². The van der Waals surface area contributed by atoms with Gasteiger partial charge in [-0.25, -0.2) is 4.79 Å². The smallest absolute Gasteiger partial charge is 0.317 e. The highest BCUT2D eigenvalue weighted by atomic mass is 16.5. The lowest BCUT2D eigenvalue weighted by Crippen LogP contribution is -2.43. The maximum Gasteiger partial charge on any atom is 0.317 e. The number of hydrogen-bond donors (Lipinski definition) is 1. The van der Waals surface area contributed by atoms with Crippen molar-refractivity contribution in [3.05, 3.63) is 0 Å². The summed E-state index contributed by atoms with van der Waals surface area (Å²) in [5.41, 5.74) is 0. The van der Waals surface area contributed by atoms with Gasteiger partial charge in [-0.05, 0) is 19.3 Å². The zero-order valence-electron chi connectivity index (χ0n) is 11.9. The number of urea groups is 1. The number of carbonyl (C=O) groups excluding carboxylic acids is 1. The van der Waals surface area contributed by atoms with Crippen molar-refractivity contribution in [3.8, 4) is 0 Å². The SMILES string of the molecule is COCCCN(C)C(=O)NC1CCCCCCC1. The quantitative estimate of drug-likeness (QED) is 0.768. The Morgan fingerprint density at radius 2 is 1.83 bits per heavy atom. The van der Waals surface area contributed by atoms with Crippen molar-refractivity contribution >= 4 is 6.03 Å². The highest BCUT2D eigenvalue weighted by Gasteiger charge is 2.16. The summed E-state index contributed by atoms with van der Waals surface area (Å²) >= 11 is 0. The molecule has 18 heavy (non-hydrogen) atoms. The van der Waals surface area contributed by atoms with Crippen molar-refractivity contribution in [2.24, 2.45) is 0 Å². The molecule has 1 N–H and O–H groups in total. The van der Waals surface area contributed by atoms with E-state index in [4.69, 9.17) is 4.74 Å². The van der Waals surface area contributed by atoms with E-state index in [0.29, 0.717) is 12.6 Å². The van der Waals surface area contributed by atoms with Crippen LogP contribution in [0.25, 0.3) is 0 Å². The predicted molar refractivity (Wildman–Crippen MR) is 73.8 cm³/mol. The lowest BCUT2D eigenvalue weighted by Gasteiger charge is -2.25. The largest absolute Gasteiger partial charge is 0.385 e. The Balaban J connectivity index is 2.23. The summed E-state index contributed by atoms with van der Waals surface area (Å²) in [5, 5.41) is 3.16. The Morgan fingerprint density at radius 3 is 2.44 bits per heavy atom. The molecule has 106 valence electrons. The molecule has 1 saturated carbocycles. The highest BCUT2D eigenvalue weighted by Crippen LogP contribution is 2.17. The molecule has 1 fully saturated rings. The minimum atomic E-state index is 0.0664. The third-order valence-corrected chi connectivity index (χ3v) is 3.62. The fourth-order valence-electron chi connectivity index (χ4n) is 2.43. The van der Waals surface area contributed by atoms with E-state index in [9.17, 15) is 4.79 Å². The summed E-state index contributed by atoms with van der Waals surface area (Å²) in [6.45, 7) is 1.47. The number of amides is 2. The van der Waals surface area contributed by atoms with E-state index in [2.05, 4.69) is 5.32 Å². The van der Waals surface area contributed by atoms with E-state index >= 15 is 0 Å². The predicted octanol–water partition coefficient (Wildman–Crippen LogP) is 2.78. The maximum atomic E-state index is 12.0. The van der Waals surface area contributed by atoms with Gasteiger partial charge < -0.3 is 15.0 Å². The van der Waals surface area contributed by atoms with Crippen LogP contribution in [0.3, 0.4) is 0 Å². The first-order valence-corrected chi connectivity index (χ1v) is 7.24. The molecule has 1 rings (SSSR count). The minimum absolute atomic E-state index is 0.0664. The number of carbonyl (C=O) groups is 1. The van der Waals surface area contributed by atoms with Gasteiger partial charge in [0.15, 0.2) is 0 Å². The zero-order chi connectivity index (χ0) is 13.2. The Hall–Kier alpha value is -0.770. The van der Waals surface area contributed by atoms with Crippen molar-refractivity contribution in [2.75, 3.05) is 27.3 Å². The molecule has 2 amide bonds. The molecule has 0 radical (unpaired) electrons. The first-order valence-electron chi connectivity index (χ1n) is 7.24. The van der Waals surface area contributed by atoms with Crippen LogP contribution in [0.2, 0.25) is 0 Å². The topological polar surface area (TPSA) is 41.6 Å². The van der Waals surface area contributed by atoms with E-state index in [-0.39, 0.29) is 6.03 Å². The number of hydrogen-bond acceptors (Lipinski definition) is 2. The van der Waals surface area contributed by atoms with Gasteiger partial charge in [0.05, 0.1) is 0 Å². The number of methoxy groups -OCH3 is 1. The first-order chi connectivity index (χ1) is 8.74. The van der Waals surface area contributed by atoms with Gasteiger partial charge in [-0.2, -0.15) is 0 Å². The molecule has 0 unspecified atom stereocenters. The third kappa shape index (κ3) is 6.24. The molecule has 0 aliphatic heterocycles. The molecule has 4 nitrogen and oxygen atoms in total. The normalized spacial score (nSPS) is 17.9. The Kier molecular flexibility index (Phi) is 7.81. The van der Waals surface area contributed by atoms with Crippen LogP contribution in [0.1, 0.15) is 51.4 Å². The van der Waals surface area contributed by atoms with Gasteiger partial charge in [0, 0.05) is 33.4 Å². The van der Waals surface area contributed by atoms with Crippen molar-refractivity contribution in [1.82, 2.24) is 10.2 Å². The second-order valence-corrected chi connectivity index (χ2v) is 5.26. The van der Waals surface area contributed by atoms with E-state index in [1.54, 1.807) is 12.0 Å². The molecule has 1 aliphatic carbocycles. The Morgan fingerprint density at radius 1 is 1.22 bits per heavy atom. The molecule has 0 aromatic rings. The molecule has 0 aromatic carbocycles. The summed E-state index contributed by atoms with van der Waals surface area (Å²) < 4.78 is 4.99. The summed E-state index contributed by atoms with van der Waals surface area (Å²) in [6, 6.07) is 0.444. The van der Waals surface area contributed by atoms with Crippen molar-refractivity contribution in [3.63, 3.8) is 0 Å². The van der Waals surface area contributed by atoms with Crippen LogP contribution in [-0.4, -0.2) is 44.3 Å².